The Hall–Kier alpha value is -2.79. The minimum absolute atomic E-state index is 0.0579. The maximum Gasteiger partial charge on any atom is 0.322 e. The van der Waals surface area contributed by atoms with E-state index in [1.165, 1.54) is 17.0 Å². The predicted molar refractivity (Wildman–Crippen MR) is 120 cm³/mol. The molecule has 1 heterocycles. The van der Waals surface area contributed by atoms with Crippen molar-refractivity contribution in [2.24, 2.45) is 5.73 Å². The molecule has 0 aliphatic carbocycles. The highest BCUT2D eigenvalue weighted by atomic mass is 32.2. The SMILES string of the molecule is CSCCC(N)C(=O)N1CCCC1C(=O)NC(Cc1ccc(O)cc1)C(=O)NCC(=O)O. The molecule has 6 N–H and O–H groups in total. The molecule has 1 fully saturated rings. The second-order valence-corrected chi connectivity index (χ2v) is 8.61. The monoisotopic (exact) mass is 466 g/mol. The fraction of sp³-hybridized carbons (Fsp3) is 0.524. The van der Waals surface area contributed by atoms with Crippen LogP contribution in [-0.2, 0) is 25.6 Å². The van der Waals surface area contributed by atoms with Gasteiger partial charge in [0.2, 0.25) is 17.7 Å². The van der Waals surface area contributed by atoms with Crippen molar-refractivity contribution in [1.82, 2.24) is 15.5 Å². The fourth-order valence-electron chi connectivity index (χ4n) is 3.52. The van der Waals surface area contributed by atoms with Crippen molar-refractivity contribution < 1.29 is 29.4 Å². The van der Waals surface area contributed by atoms with Gasteiger partial charge in [-0.15, -0.1) is 0 Å². The van der Waals surface area contributed by atoms with Crippen molar-refractivity contribution in [3.63, 3.8) is 0 Å². The molecule has 176 valence electrons. The first-order chi connectivity index (χ1) is 15.2. The third-order valence-corrected chi connectivity index (χ3v) is 5.86. The smallest absolute Gasteiger partial charge is 0.322 e. The Morgan fingerprint density at radius 1 is 1.25 bits per heavy atom. The number of rotatable bonds is 11. The van der Waals surface area contributed by atoms with Crippen LogP contribution in [0.15, 0.2) is 24.3 Å². The van der Waals surface area contributed by atoms with E-state index < -0.39 is 42.5 Å². The number of amides is 3. The van der Waals surface area contributed by atoms with E-state index in [2.05, 4.69) is 10.6 Å². The van der Waals surface area contributed by atoms with Gasteiger partial charge in [-0.1, -0.05) is 12.1 Å². The van der Waals surface area contributed by atoms with Crippen LogP contribution in [0.1, 0.15) is 24.8 Å². The van der Waals surface area contributed by atoms with Crippen molar-refractivity contribution in [1.29, 1.82) is 0 Å². The lowest BCUT2D eigenvalue weighted by Crippen LogP contribution is -2.56. The molecule has 1 aromatic rings. The van der Waals surface area contributed by atoms with E-state index in [9.17, 15) is 24.3 Å². The molecular weight excluding hydrogens is 436 g/mol. The number of carbonyl (C=O) groups excluding carboxylic acids is 3. The average Bonchev–Trinajstić information content (AvgIpc) is 3.26. The summed E-state index contributed by atoms with van der Waals surface area (Å²) in [6.07, 6.45) is 3.62. The number of carboxylic acid groups (broad SMARTS) is 1. The number of carboxylic acids is 1. The van der Waals surface area contributed by atoms with Crippen molar-refractivity contribution in [3.8, 4) is 5.75 Å². The van der Waals surface area contributed by atoms with Gasteiger partial charge in [-0.2, -0.15) is 11.8 Å². The van der Waals surface area contributed by atoms with E-state index in [1.54, 1.807) is 23.9 Å². The molecule has 3 unspecified atom stereocenters. The van der Waals surface area contributed by atoms with Crippen LogP contribution in [0.5, 0.6) is 5.75 Å². The summed E-state index contributed by atoms with van der Waals surface area (Å²) in [5.74, 6) is -1.84. The van der Waals surface area contributed by atoms with Crippen LogP contribution in [0.3, 0.4) is 0 Å². The number of hydrogen-bond donors (Lipinski definition) is 5. The molecule has 0 bridgehead atoms. The van der Waals surface area contributed by atoms with Gasteiger partial charge in [0.15, 0.2) is 0 Å². The third kappa shape index (κ3) is 7.41. The summed E-state index contributed by atoms with van der Waals surface area (Å²) >= 11 is 1.59. The molecule has 3 amide bonds. The topological polar surface area (TPSA) is 162 Å². The van der Waals surface area contributed by atoms with Crippen molar-refractivity contribution in [3.05, 3.63) is 29.8 Å². The van der Waals surface area contributed by atoms with Gasteiger partial charge in [-0.3, -0.25) is 19.2 Å². The largest absolute Gasteiger partial charge is 0.508 e. The Labute approximate surface area is 190 Å². The van der Waals surface area contributed by atoms with Crippen LogP contribution in [0.2, 0.25) is 0 Å². The molecule has 0 radical (unpaired) electrons. The van der Waals surface area contributed by atoms with Crippen LogP contribution in [0.25, 0.3) is 0 Å². The maximum atomic E-state index is 13.0. The first-order valence-electron chi connectivity index (χ1n) is 10.4. The lowest BCUT2D eigenvalue weighted by Gasteiger charge is -2.28. The van der Waals surface area contributed by atoms with Crippen molar-refractivity contribution in [2.45, 2.75) is 43.8 Å². The molecule has 0 saturated carbocycles. The minimum Gasteiger partial charge on any atom is -0.508 e. The zero-order valence-corrected chi connectivity index (χ0v) is 18.8. The Balaban J connectivity index is 2.11. The van der Waals surface area contributed by atoms with Crippen LogP contribution >= 0.6 is 11.8 Å². The van der Waals surface area contributed by atoms with Gasteiger partial charge in [0.1, 0.15) is 24.4 Å². The number of thioether (sulfide) groups is 1. The van der Waals surface area contributed by atoms with E-state index in [4.69, 9.17) is 10.8 Å². The number of hydrogen-bond acceptors (Lipinski definition) is 7. The molecule has 2 rings (SSSR count). The fourth-order valence-corrected chi connectivity index (χ4v) is 4.00. The van der Waals surface area contributed by atoms with Gasteiger partial charge in [0.05, 0.1) is 6.04 Å². The highest BCUT2D eigenvalue weighted by Gasteiger charge is 2.37. The number of nitrogens with two attached hydrogens (primary N) is 1. The first kappa shape index (κ1) is 25.5. The molecular formula is C21H30N4O6S. The summed E-state index contributed by atoms with van der Waals surface area (Å²) in [4.78, 5) is 50.6. The Morgan fingerprint density at radius 2 is 1.94 bits per heavy atom. The zero-order valence-electron chi connectivity index (χ0n) is 18.0. The number of aliphatic carboxylic acids is 1. The van der Waals surface area contributed by atoms with Gasteiger partial charge in [0.25, 0.3) is 0 Å². The lowest BCUT2D eigenvalue weighted by molar-refractivity contribution is -0.141. The molecule has 32 heavy (non-hydrogen) atoms. The zero-order chi connectivity index (χ0) is 23.7. The van der Waals surface area contributed by atoms with Gasteiger partial charge < -0.3 is 31.5 Å². The number of phenols is 1. The standard InChI is InChI=1S/C21H30N4O6S/c1-32-10-8-15(22)21(31)25-9-2-3-17(25)20(30)24-16(19(29)23-12-18(27)28)11-13-4-6-14(26)7-5-13/h4-7,15-17,26H,2-3,8-12,22H2,1H3,(H,23,29)(H,24,30)(H,27,28). The normalized spacial score (nSPS) is 17.4. The van der Waals surface area contributed by atoms with Crippen LogP contribution in [0, 0.1) is 0 Å². The molecule has 10 nitrogen and oxygen atoms in total. The quantitative estimate of drug-likeness (QED) is 0.297. The molecule has 3 atom stereocenters. The number of phenolic OH excluding ortho intramolecular Hbond substituents is 1. The summed E-state index contributed by atoms with van der Waals surface area (Å²) in [5.41, 5.74) is 6.66. The molecule has 1 aliphatic heterocycles. The number of nitrogens with one attached hydrogen (secondary N) is 2. The van der Waals surface area contributed by atoms with E-state index >= 15 is 0 Å². The van der Waals surface area contributed by atoms with E-state index in [0.717, 1.165) is 5.75 Å². The summed E-state index contributed by atoms with van der Waals surface area (Å²) < 4.78 is 0. The number of benzene rings is 1. The predicted octanol–water partition coefficient (Wildman–Crippen LogP) is -0.308. The molecule has 1 saturated heterocycles. The molecule has 0 spiro atoms. The second kappa shape index (κ2) is 12.3. The average molecular weight is 467 g/mol. The number of carbonyl (C=O) groups is 4. The van der Waals surface area contributed by atoms with Gasteiger partial charge in [-0.25, -0.2) is 0 Å². The molecule has 0 aromatic heterocycles. The van der Waals surface area contributed by atoms with Crippen molar-refractivity contribution >= 4 is 35.5 Å². The molecule has 1 aliphatic rings. The number of nitrogens with zero attached hydrogens (tertiary/aromatic N) is 1. The van der Waals surface area contributed by atoms with Gasteiger partial charge in [-0.05, 0) is 49.0 Å². The molecule has 11 heteroatoms. The summed E-state index contributed by atoms with van der Waals surface area (Å²) in [7, 11) is 0. The third-order valence-electron chi connectivity index (χ3n) is 5.21. The number of likely N-dealkylation sites (tertiary alicyclic amines) is 1. The molecule has 1 aromatic carbocycles. The minimum atomic E-state index is -1.21. The van der Waals surface area contributed by atoms with Crippen LogP contribution < -0.4 is 16.4 Å². The van der Waals surface area contributed by atoms with Crippen LogP contribution in [-0.4, -0.2) is 82.0 Å². The highest BCUT2D eigenvalue weighted by Crippen LogP contribution is 2.20. The summed E-state index contributed by atoms with van der Waals surface area (Å²) in [5, 5.41) is 23.2. The Kier molecular flexibility index (Phi) is 9.79. The van der Waals surface area contributed by atoms with E-state index in [-0.39, 0.29) is 18.1 Å². The first-order valence-corrected chi connectivity index (χ1v) is 11.7. The van der Waals surface area contributed by atoms with E-state index in [0.29, 0.717) is 31.4 Å². The number of aromatic hydroxyl groups is 1. The summed E-state index contributed by atoms with van der Waals surface area (Å²) in [6.45, 7) is -0.170. The Morgan fingerprint density at radius 3 is 2.56 bits per heavy atom. The van der Waals surface area contributed by atoms with Gasteiger partial charge in [0, 0.05) is 13.0 Å². The van der Waals surface area contributed by atoms with Gasteiger partial charge >= 0.3 is 5.97 Å². The second-order valence-electron chi connectivity index (χ2n) is 7.62. The van der Waals surface area contributed by atoms with Crippen LogP contribution in [0.4, 0.5) is 0 Å². The summed E-state index contributed by atoms with van der Waals surface area (Å²) in [6, 6.07) is 3.64. The Bertz CT molecular complexity index is 819. The lowest BCUT2D eigenvalue weighted by atomic mass is 10.0. The highest BCUT2D eigenvalue weighted by molar-refractivity contribution is 7.98. The van der Waals surface area contributed by atoms with E-state index in [1.807, 2.05) is 6.26 Å². The maximum absolute atomic E-state index is 13.0. The van der Waals surface area contributed by atoms with Crippen molar-refractivity contribution in [2.75, 3.05) is 25.1 Å².